The van der Waals surface area contributed by atoms with E-state index in [1.807, 2.05) is 0 Å². The number of hydrogen-bond donors (Lipinski definition) is 2. The summed E-state index contributed by atoms with van der Waals surface area (Å²) in [4.78, 5) is 0. The smallest absolute Gasteiger partial charge is 0.194 e. The van der Waals surface area contributed by atoms with Gasteiger partial charge in [0.2, 0.25) is 0 Å². The van der Waals surface area contributed by atoms with Crippen molar-refractivity contribution in [1.82, 2.24) is 15.0 Å². The number of nitrogens with two attached hydrogens (primary N) is 1. The minimum Gasteiger partial charge on any atom is -0.271 e. The quantitative estimate of drug-likeness (QED) is 0.442. The van der Waals surface area contributed by atoms with Crippen molar-refractivity contribution < 1.29 is 13.2 Å². The van der Waals surface area contributed by atoms with Gasteiger partial charge in [0.05, 0.1) is 17.8 Å². The van der Waals surface area contributed by atoms with Gasteiger partial charge in [0.1, 0.15) is 0 Å². The molecule has 0 spiro atoms. The van der Waals surface area contributed by atoms with Crippen molar-refractivity contribution in [3.63, 3.8) is 0 Å². The van der Waals surface area contributed by atoms with Crippen molar-refractivity contribution in [1.29, 1.82) is 0 Å². The van der Waals surface area contributed by atoms with Crippen molar-refractivity contribution in [2.75, 3.05) is 0 Å². The van der Waals surface area contributed by atoms with Crippen LogP contribution < -0.4 is 11.3 Å². The molecule has 0 aliphatic carbocycles. The number of rotatable bonds is 3. The first-order chi connectivity index (χ1) is 10.1. The average Bonchev–Trinajstić information content (AvgIpc) is 2.92. The summed E-state index contributed by atoms with van der Waals surface area (Å²) < 4.78 is 42.0. The molecule has 3 N–H and O–H groups in total. The van der Waals surface area contributed by atoms with Crippen LogP contribution in [0.2, 0.25) is 0 Å². The predicted octanol–water partition coefficient (Wildman–Crippen LogP) is 2.30. The van der Waals surface area contributed by atoms with Crippen LogP contribution in [-0.4, -0.2) is 9.61 Å². The summed E-state index contributed by atoms with van der Waals surface area (Å²) in [5.41, 5.74) is 3.57. The first kappa shape index (κ1) is 13.6. The van der Waals surface area contributed by atoms with Crippen molar-refractivity contribution in [3.05, 3.63) is 71.3 Å². The first-order valence-electron chi connectivity index (χ1n) is 6.15. The molecule has 2 aromatic heterocycles. The largest absolute Gasteiger partial charge is 0.271 e. The fourth-order valence-electron chi connectivity index (χ4n) is 2.29. The normalized spacial score (nSPS) is 12.8. The van der Waals surface area contributed by atoms with Gasteiger partial charge in [-0.05, 0) is 18.2 Å². The van der Waals surface area contributed by atoms with E-state index in [1.54, 1.807) is 28.9 Å². The summed E-state index contributed by atoms with van der Waals surface area (Å²) in [5.74, 6) is 1.44. The summed E-state index contributed by atoms with van der Waals surface area (Å²) >= 11 is 0. The monoisotopic (exact) mass is 292 g/mol. The van der Waals surface area contributed by atoms with E-state index in [2.05, 4.69) is 10.5 Å². The van der Waals surface area contributed by atoms with E-state index < -0.39 is 23.5 Å². The van der Waals surface area contributed by atoms with Crippen LogP contribution in [0.25, 0.3) is 5.52 Å². The van der Waals surface area contributed by atoms with Gasteiger partial charge in [-0.3, -0.25) is 5.84 Å². The topological polar surface area (TPSA) is 55.3 Å². The highest BCUT2D eigenvalue weighted by molar-refractivity contribution is 5.57. The zero-order valence-electron chi connectivity index (χ0n) is 10.7. The van der Waals surface area contributed by atoms with Crippen LogP contribution in [0.1, 0.15) is 17.2 Å². The standard InChI is InChI=1S/C14H11F3N4/c15-10-5-4-8(12(16)13(10)17)14(20-18)9-7-19-21-6-2-1-3-11(9)21/h1-7,14,20H,18H2. The van der Waals surface area contributed by atoms with E-state index in [0.29, 0.717) is 11.1 Å². The molecule has 108 valence electrons. The molecular weight excluding hydrogens is 281 g/mol. The number of nitrogens with one attached hydrogen (secondary N) is 1. The summed E-state index contributed by atoms with van der Waals surface area (Å²) in [6, 6.07) is 6.52. The summed E-state index contributed by atoms with van der Waals surface area (Å²) in [5, 5.41) is 4.11. The number of hydrogen-bond acceptors (Lipinski definition) is 3. The van der Waals surface area contributed by atoms with Gasteiger partial charge >= 0.3 is 0 Å². The maximum Gasteiger partial charge on any atom is 0.194 e. The molecule has 7 heteroatoms. The van der Waals surface area contributed by atoms with Crippen molar-refractivity contribution >= 4 is 5.52 Å². The summed E-state index contributed by atoms with van der Waals surface area (Å²) in [7, 11) is 0. The molecule has 3 rings (SSSR count). The third-order valence-corrected chi connectivity index (χ3v) is 3.31. The Morgan fingerprint density at radius 3 is 2.62 bits per heavy atom. The van der Waals surface area contributed by atoms with Gasteiger partial charge in [-0.15, -0.1) is 0 Å². The Morgan fingerprint density at radius 2 is 1.86 bits per heavy atom. The number of nitrogens with zero attached hydrogens (tertiary/aromatic N) is 2. The summed E-state index contributed by atoms with van der Waals surface area (Å²) in [6.45, 7) is 0. The van der Waals surface area contributed by atoms with Gasteiger partial charge in [0.25, 0.3) is 0 Å². The number of pyridine rings is 1. The van der Waals surface area contributed by atoms with Crippen LogP contribution in [0.3, 0.4) is 0 Å². The lowest BCUT2D eigenvalue weighted by atomic mass is 9.99. The highest BCUT2D eigenvalue weighted by Gasteiger charge is 2.23. The molecule has 1 unspecified atom stereocenters. The number of aromatic nitrogens is 2. The zero-order valence-corrected chi connectivity index (χ0v) is 10.7. The van der Waals surface area contributed by atoms with Crippen LogP contribution >= 0.6 is 0 Å². The van der Waals surface area contributed by atoms with Gasteiger partial charge in [-0.2, -0.15) is 5.10 Å². The maximum absolute atomic E-state index is 14.0. The molecule has 0 saturated carbocycles. The second-order valence-electron chi connectivity index (χ2n) is 4.49. The number of hydrazine groups is 1. The molecule has 1 aromatic carbocycles. The van der Waals surface area contributed by atoms with Crippen LogP contribution in [0, 0.1) is 17.5 Å². The molecule has 0 fully saturated rings. The Bertz CT molecular complexity index is 800. The first-order valence-corrected chi connectivity index (χ1v) is 6.15. The highest BCUT2D eigenvalue weighted by Crippen LogP contribution is 2.28. The number of halogens is 3. The van der Waals surface area contributed by atoms with Crippen LogP contribution in [0.4, 0.5) is 13.2 Å². The van der Waals surface area contributed by atoms with E-state index in [-0.39, 0.29) is 5.56 Å². The van der Waals surface area contributed by atoms with Gasteiger partial charge in [-0.1, -0.05) is 12.1 Å². The van der Waals surface area contributed by atoms with E-state index in [9.17, 15) is 13.2 Å². The van der Waals surface area contributed by atoms with E-state index >= 15 is 0 Å². The predicted molar refractivity (Wildman–Crippen MR) is 70.7 cm³/mol. The molecule has 3 aromatic rings. The van der Waals surface area contributed by atoms with Gasteiger partial charge in [0, 0.05) is 17.3 Å². The SMILES string of the molecule is NNC(c1ccc(F)c(F)c1F)c1cnn2ccccc12. The second-order valence-corrected chi connectivity index (χ2v) is 4.49. The lowest BCUT2D eigenvalue weighted by Crippen LogP contribution is -2.29. The molecule has 0 amide bonds. The fourth-order valence-corrected chi connectivity index (χ4v) is 2.29. The molecule has 0 radical (unpaired) electrons. The summed E-state index contributed by atoms with van der Waals surface area (Å²) in [6.07, 6.45) is 3.22. The Kier molecular flexibility index (Phi) is 3.36. The van der Waals surface area contributed by atoms with Gasteiger partial charge < -0.3 is 0 Å². The molecule has 21 heavy (non-hydrogen) atoms. The molecule has 0 saturated heterocycles. The van der Waals surface area contributed by atoms with Crippen LogP contribution in [-0.2, 0) is 0 Å². The minimum absolute atomic E-state index is 0.0878. The number of fused-ring (bicyclic) bond motifs is 1. The third kappa shape index (κ3) is 2.16. The number of benzene rings is 1. The average molecular weight is 292 g/mol. The Hall–Kier alpha value is -2.38. The van der Waals surface area contributed by atoms with Crippen LogP contribution in [0.15, 0.2) is 42.7 Å². The van der Waals surface area contributed by atoms with Gasteiger partial charge in [-0.25, -0.2) is 23.1 Å². The van der Waals surface area contributed by atoms with Crippen molar-refractivity contribution in [2.45, 2.75) is 6.04 Å². The lowest BCUT2D eigenvalue weighted by Gasteiger charge is -2.16. The third-order valence-electron chi connectivity index (χ3n) is 3.31. The van der Waals surface area contributed by atoms with E-state index in [4.69, 9.17) is 5.84 Å². The Labute approximate surface area is 118 Å². The Balaban J connectivity index is 2.17. The molecule has 0 aliphatic rings. The second kappa shape index (κ2) is 5.19. The lowest BCUT2D eigenvalue weighted by molar-refractivity contribution is 0.433. The molecular formula is C14H11F3N4. The molecule has 0 bridgehead atoms. The maximum atomic E-state index is 14.0. The van der Waals surface area contributed by atoms with Crippen LogP contribution in [0.5, 0.6) is 0 Å². The fraction of sp³-hybridized carbons (Fsp3) is 0.0714. The molecule has 1 atom stereocenters. The van der Waals surface area contributed by atoms with Crippen molar-refractivity contribution in [3.8, 4) is 0 Å². The Morgan fingerprint density at radius 1 is 1.05 bits per heavy atom. The highest BCUT2D eigenvalue weighted by atomic mass is 19.2. The molecule has 2 heterocycles. The zero-order chi connectivity index (χ0) is 15.0. The van der Waals surface area contributed by atoms with Crippen molar-refractivity contribution in [2.24, 2.45) is 5.84 Å². The van der Waals surface area contributed by atoms with E-state index in [1.165, 1.54) is 6.20 Å². The van der Waals surface area contributed by atoms with E-state index in [0.717, 1.165) is 12.1 Å². The van der Waals surface area contributed by atoms with Gasteiger partial charge in [0.15, 0.2) is 17.5 Å². The minimum atomic E-state index is -1.52. The molecule has 4 nitrogen and oxygen atoms in total. The molecule has 0 aliphatic heterocycles.